The Morgan fingerprint density at radius 2 is 2.14 bits per heavy atom. The first-order valence-corrected chi connectivity index (χ1v) is 4.99. The molecule has 0 bridgehead atoms. The van der Waals surface area contributed by atoms with Gasteiger partial charge in [-0.25, -0.2) is 4.79 Å². The number of phenolic OH excluding ortho intramolecular Hbond substituents is 1. The number of halogens is 1. The smallest absolute Gasteiger partial charge is 0.342 e. The summed E-state index contributed by atoms with van der Waals surface area (Å²) in [5, 5.41) is 9.44. The van der Waals surface area contributed by atoms with E-state index in [1.165, 1.54) is 12.1 Å². The van der Waals surface area contributed by atoms with E-state index >= 15 is 0 Å². The zero-order valence-corrected chi connectivity index (χ0v) is 9.54. The molecule has 1 aromatic rings. The molecular formula is C10H11BrO3. The fourth-order valence-electron chi connectivity index (χ4n) is 0.955. The second-order valence-corrected chi connectivity index (χ2v) is 4.03. The van der Waals surface area contributed by atoms with Crippen LogP contribution in [-0.4, -0.2) is 17.2 Å². The molecule has 0 fully saturated rings. The number of carbonyl (C=O) groups is 1. The molecule has 0 spiro atoms. The Kier molecular flexibility index (Phi) is 3.52. The number of aromatic hydroxyl groups is 1. The Hall–Kier alpha value is -1.03. The number of rotatable bonds is 2. The van der Waals surface area contributed by atoms with Gasteiger partial charge in [0.15, 0.2) is 0 Å². The molecule has 3 nitrogen and oxygen atoms in total. The minimum atomic E-state index is -0.509. The molecule has 0 aliphatic heterocycles. The van der Waals surface area contributed by atoms with Crippen molar-refractivity contribution in [3.05, 3.63) is 28.2 Å². The molecule has 0 saturated heterocycles. The molecule has 1 rings (SSSR count). The lowest BCUT2D eigenvalue weighted by atomic mass is 10.2. The van der Waals surface area contributed by atoms with Crippen LogP contribution in [0.3, 0.4) is 0 Å². The molecular weight excluding hydrogens is 248 g/mol. The van der Waals surface area contributed by atoms with E-state index < -0.39 is 5.97 Å². The largest absolute Gasteiger partial charge is 0.507 e. The van der Waals surface area contributed by atoms with Crippen LogP contribution in [0.1, 0.15) is 24.2 Å². The third-order valence-electron chi connectivity index (χ3n) is 1.52. The summed E-state index contributed by atoms with van der Waals surface area (Å²) in [6.45, 7) is 3.52. The Balaban J connectivity index is 2.90. The van der Waals surface area contributed by atoms with Crippen LogP contribution in [0, 0.1) is 0 Å². The summed E-state index contributed by atoms with van der Waals surface area (Å²) in [5.74, 6) is -0.588. The second kappa shape index (κ2) is 4.46. The van der Waals surface area contributed by atoms with Crippen LogP contribution in [0.25, 0.3) is 0 Å². The first-order valence-electron chi connectivity index (χ1n) is 4.20. The number of phenols is 1. The standard InChI is InChI=1S/C10H11BrO3/c1-6(2)14-10(13)8-4-3-7(11)5-9(8)12/h3-6,12H,1-2H3. The van der Waals surface area contributed by atoms with Gasteiger partial charge in [-0.3, -0.25) is 0 Å². The average molecular weight is 259 g/mol. The number of hydrogen-bond acceptors (Lipinski definition) is 3. The van der Waals surface area contributed by atoms with Crippen LogP contribution >= 0.6 is 15.9 Å². The van der Waals surface area contributed by atoms with Gasteiger partial charge in [0.2, 0.25) is 0 Å². The van der Waals surface area contributed by atoms with Crippen molar-refractivity contribution in [3.63, 3.8) is 0 Å². The summed E-state index contributed by atoms with van der Waals surface area (Å²) in [7, 11) is 0. The second-order valence-electron chi connectivity index (χ2n) is 3.12. The van der Waals surface area contributed by atoms with Gasteiger partial charge in [-0.15, -0.1) is 0 Å². The normalized spacial score (nSPS) is 10.3. The van der Waals surface area contributed by atoms with Crippen LogP contribution in [-0.2, 0) is 4.74 Å². The molecule has 4 heteroatoms. The van der Waals surface area contributed by atoms with Crippen molar-refractivity contribution in [2.75, 3.05) is 0 Å². The third kappa shape index (κ3) is 2.73. The van der Waals surface area contributed by atoms with E-state index in [9.17, 15) is 9.90 Å². The SMILES string of the molecule is CC(C)OC(=O)c1ccc(Br)cc1O. The summed E-state index contributed by atoms with van der Waals surface area (Å²) < 4.78 is 5.66. The fourth-order valence-corrected chi connectivity index (χ4v) is 1.30. The first-order chi connectivity index (χ1) is 6.50. The lowest BCUT2D eigenvalue weighted by Crippen LogP contribution is -2.11. The molecule has 1 N–H and O–H groups in total. The summed E-state index contributed by atoms with van der Waals surface area (Å²) in [6, 6.07) is 4.65. The molecule has 0 radical (unpaired) electrons. The Bertz CT molecular complexity index is 347. The van der Waals surface area contributed by atoms with Gasteiger partial charge in [0.05, 0.1) is 6.10 Å². The molecule has 0 heterocycles. The van der Waals surface area contributed by atoms with Gasteiger partial charge < -0.3 is 9.84 Å². The summed E-state index contributed by atoms with van der Waals surface area (Å²) in [6.07, 6.45) is -0.189. The molecule has 0 aromatic heterocycles. The zero-order valence-electron chi connectivity index (χ0n) is 7.95. The van der Waals surface area contributed by atoms with E-state index in [1.54, 1.807) is 19.9 Å². The molecule has 0 saturated carbocycles. The molecule has 0 aliphatic carbocycles. The maximum Gasteiger partial charge on any atom is 0.342 e. The number of hydrogen-bond donors (Lipinski definition) is 1. The van der Waals surface area contributed by atoms with Crippen molar-refractivity contribution in [2.24, 2.45) is 0 Å². The first kappa shape index (κ1) is 11.0. The topological polar surface area (TPSA) is 46.5 Å². The summed E-state index contributed by atoms with van der Waals surface area (Å²) in [4.78, 5) is 11.4. The lowest BCUT2D eigenvalue weighted by molar-refractivity contribution is 0.0374. The quantitative estimate of drug-likeness (QED) is 0.830. The van der Waals surface area contributed by atoms with Crippen LogP contribution in [0.5, 0.6) is 5.75 Å². The number of benzene rings is 1. The van der Waals surface area contributed by atoms with Crippen molar-refractivity contribution in [1.29, 1.82) is 0 Å². The average Bonchev–Trinajstić information content (AvgIpc) is 2.01. The Morgan fingerprint density at radius 1 is 1.50 bits per heavy atom. The molecule has 0 aliphatic rings. The van der Waals surface area contributed by atoms with E-state index in [1.807, 2.05) is 0 Å². The molecule has 76 valence electrons. The maximum absolute atomic E-state index is 11.4. The molecule has 0 unspecified atom stereocenters. The molecule has 1 aromatic carbocycles. The summed E-state index contributed by atoms with van der Waals surface area (Å²) in [5.41, 5.74) is 0.182. The van der Waals surface area contributed by atoms with E-state index in [4.69, 9.17) is 4.74 Å². The van der Waals surface area contributed by atoms with Crippen LogP contribution < -0.4 is 0 Å². The highest BCUT2D eigenvalue weighted by Gasteiger charge is 2.13. The van der Waals surface area contributed by atoms with Gasteiger partial charge in [-0.05, 0) is 32.0 Å². The zero-order chi connectivity index (χ0) is 10.7. The highest BCUT2D eigenvalue weighted by molar-refractivity contribution is 9.10. The minimum Gasteiger partial charge on any atom is -0.507 e. The number of carbonyl (C=O) groups excluding carboxylic acids is 1. The Labute approximate surface area is 90.8 Å². The van der Waals surface area contributed by atoms with Crippen molar-refractivity contribution in [2.45, 2.75) is 20.0 Å². The maximum atomic E-state index is 11.4. The summed E-state index contributed by atoms with van der Waals surface area (Å²) >= 11 is 3.18. The monoisotopic (exact) mass is 258 g/mol. The van der Waals surface area contributed by atoms with Crippen LogP contribution in [0.4, 0.5) is 0 Å². The highest BCUT2D eigenvalue weighted by Crippen LogP contribution is 2.23. The Morgan fingerprint density at radius 3 is 2.64 bits per heavy atom. The minimum absolute atomic E-state index is 0.0787. The molecule has 14 heavy (non-hydrogen) atoms. The lowest BCUT2D eigenvalue weighted by Gasteiger charge is -2.08. The van der Waals surface area contributed by atoms with E-state index in [2.05, 4.69) is 15.9 Å². The van der Waals surface area contributed by atoms with Crippen molar-refractivity contribution < 1.29 is 14.6 Å². The fraction of sp³-hybridized carbons (Fsp3) is 0.300. The molecule has 0 atom stereocenters. The van der Waals surface area contributed by atoms with Crippen LogP contribution in [0.15, 0.2) is 22.7 Å². The predicted molar refractivity (Wildman–Crippen MR) is 56.4 cm³/mol. The van der Waals surface area contributed by atoms with Gasteiger partial charge in [-0.1, -0.05) is 15.9 Å². The van der Waals surface area contributed by atoms with Crippen molar-refractivity contribution >= 4 is 21.9 Å². The van der Waals surface area contributed by atoms with Crippen molar-refractivity contribution in [3.8, 4) is 5.75 Å². The van der Waals surface area contributed by atoms with Gasteiger partial charge in [-0.2, -0.15) is 0 Å². The van der Waals surface area contributed by atoms with Gasteiger partial charge >= 0.3 is 5.97 Å². The van der Waals surface area contributed by atoms with E-state index in [0.29, 0.717) is 0 Å². The van der Waals surface area contributed by atoms with E-state index in [0.717, 1.165) is 4.47 Å². The number of esters is 1. The highest BCUT2D eigenvalue weighted by atomic mass is 79.9. The van der Waals surface area contributed by atoms with Gasteiger partial charge in [0.1, 0.15) is 11.3 Å². The molecule has 0 amide bonds. The van der Waals surface area contributed by atoms with Gasteiger partial charge in [0, 0.05) is 4.47 Å². The predicted octanol–water partition coefficient (Wildman–Crippen LogP) is 2.72. The van der Waals surface area contributed by atoms with Crippen molar-refractivity contribution in [1.82, 2.24) is 0 Å². The van der Waals surface area contributed by atoms with E-state index in [-0.39, 0.29) is 17.4 Å². The van der Waals surface area contributed by atoms with Crippen LogP contribution in [0.2, 0.25) is 0 Å². The third-order valence-corrected chi connectivity index (χ3v) is 2.02. The number of ether oxygens (including phenoxy) is 1. The van der Waals surface area contributed by atoms with Gasteiger partial charge in [0.25, 0.3) is 0 Å².